The first-order valence-electron chi connectivity index (χ1n) is 6.27. The Morgan fingerprint density at radius 2 is 2.00 bits per heavy atom. The summed E-state index contributed by atoms with van der Waals surface area (Å²) in [6.07, 6.45) is 4.48. The number of hydrogen-bond acceptors (Lipinski definition) is 3. The minimum Gasteiger partial charge on any atom is -0.330 e. The van der Waals surface area contributed by atoms with Crippen LogP contribution in [0.5, 0.6) is 0 Å². The van der Waals surface area contributed by atoms with Crippen molar-refractivity contribution in [3.8, 4) is 6.07 Å². The number of rotatable bonds is 4. The third kappa shape index (κ3) is 2.98. The Kier molecular flexibility index (Phi) is 3.94. The highest BCUT2D eigenvalue weighted by atomic mass is 14.6. The molecule has 0 spiro atoms. The minimum atomic E-state index is -0.142. The first-order chi connectivity index (χ1) is 9.18. The summed E-state index contributed by atoms with van der Waals surface area (Å²) in [5.74, 6) is 0. The van der Waals surface area contributed by atoms with Crippen LogP contribution in [-0.4, -0.2) is 11.5 Å². The molecule has 1 aromatic carbocycles. The summed E-state index contributed by atoms with van der Waals surface area (Å²) in [5, 5.41) is 8.84. The zero-order valence-corrected chi connectivity index (χ0v) is 11.0. The lowest BCUT2D eigenvalue weighted by Gasteiger charge is -2.28. The van der Waals surface area contributed by atoms with Gasteiger partial charge in [-0.05, 0) is 35.7 Å². The van der Waals surface area contributed by atoms with Gasteiger partial charge >= 0.3 is 0 Å². The van der Waals surface area contributed by atoms with Gasteiger partial charge in [-0.15, -0.1) is 0 Å². The monoisotopic (exact) mass is 251 g/mol. The lowest BCUT2D eigenvalue weighted by molar-refractivity contribution is 0.480. The van der Waals surface area contributed by atoms with Crippen LogP contribution in [0.2, 0.25) is 0 Å². The Morgan fingerprint density at radius 1 is 1.26 bits per heavy atom. The van der Waals surface area contributed by atoms with Crippen LogP contribution in [0.15, 0.2) is 48.8 Å². The number of benzene rings is 1. The maximum Gasteiger partial charge on any atom is 0.0991 e. The van der Waals surface area contributed by atoms with E-state index in [1.807, 2.05) is 36.5 Å². The van der Waals surface area contributed by atoms with Gasteiger partial charge < -0.3 is 5.73 Å². The highest BCUT2D eigenvalue weighted by molar-refractivity contribution is 5.36. The van der Waals surface area contributed by atoms with Crippen molar-refractivity contribution < 1.29 is 0 Å². The SMILES string of the molecule is CC(CN)(Cc1cccnc1)c1ccc(C#N)cc1. The Morgan fingerprint density at radius 3 is 2.53 bits per heavy atom. The summed E-state index contributed by atoms with van der Waals surface area (Å²) in [6, 6.07) is 13.8. The summed E-state index contributed by atoms with van der Waals surface area (Å²) in [6.45, 7) is 2.69. The largest absolute Gasteiger partial charge is 0.330 e. The van der Waals surface area contributed by atoms with E-state index in [0.29, 0.717) is 12.1 Å². The standard InChI is InChI=1S/C16H17N3/c1-16(12-18,9-14-3-2-8-19-11-14)15-6-4-13(10-17)5-7-15/h2-8,11H,9,12,18H2,1H3. The number of pyridine rings is 1. The molecule has 2 rings (SSSR count). The molecule has 1 aromatic heterocycles. The maximum atomic E-state index is 8.84. The van der Waals surface area contributed by atoms with Crippen LogP contribution in [0.25, 0.3) is 0 Å². The second-order valence-corrected chi connectivity index (χ2v) is 4.99. The van der Waals surface area contributed by atoms with Gasteiger partial charge in [-0.1, -0.05) is 25.1 Å². The van der Waals surface area contributed by atoms with Crippen molar-refractivity contribution in [3.63, 3.8) is 0 Å². The van der Waals surface area contributed by atoms with E-state index in [9.17, 15) is 0 Å². The van der Waals surface area contributed by atoms with E-state index < -0.39 is 0 Å². The zero-order chi connectivity index (χ0) is 13.7. The van der Waals surface area contributed by atoms with Gasteiger partial charge in [0.1, 0.15) is 0 Å². The van der Waals surface area contributed by atoms with Gasteiger partial charge in [-0.2, -0.15) is 5.26 Å². The van der Waals surface area contributed by atoms with Crippen LogP contribution in [0.3, 0.4) is 0 Å². The predicted molar refractivity (Wildman–Crippen MR) is 75.5 cm³/mol. The van der Waals surface area contributed by atoms with Crippen molar-refractivity contribution in [1.29, 1.82) is 5.26 Å². The van der Waals surface area contributed by atoms with Crippen LogP contribution in [0, 0.1) is 11.3 Å². The van der Waals surface area contributed by atoms with Gasteiger partial charge in [0, 0.05) is 24.4 Å². The van der Waals surface area contributed by atoms with Crippen LogP contribution in [0.1, 0.15) is 23.6 Å². The average molecular weight is 251 g/mol. The molecule has 0 amide bonds. The molecule has 1 atom stereocenters. The van der Waals surface area contributed by atoms with Crippen LogP contribution in [0.4, 0.5) is 0 Å². The van der Waals surface area contributed by atoms with E-state index in [1.54, 1.807) is 6.20 Å². The fourth-order valence-electron chi connectivity index (χ4n) is 2.19. The highest BCUT2D eigenvalue weighted by Gasteiger charge is 2.25. The van der Waals surface area contributed by atoms with Gasteiger partial charge in [0.05, 0.1) is 11.6 Å². The Bertz CT molecular complexity index is 569. The first-order valence-corrected chi connectivity index (χ1v) is 6.27. The normalized spacial score (nSPS) is 13.5. The van der Waals surface area contributed by atoms with Crippen LogP contribution < -0.4 is 5.73 Å². The molecule has 3 nitrogen and oxygen atoms in total. The summed E-state index contributed by atoms with van der Waals surface area (Å²) in [4.78, 5) is 4.14. The maximum absolute atomic E-state index is 8.84. The smallest absolute Gasteiger partial charge is 0.0991 e. The lowest BCUT2D eigenvalue weighted by Crippen LogP contribution is -2.34. The number of hydrogen-bond donors (Lipinski definition) is 1. The molecule has 96 valence electrons. The first kappa shape index (κ1) is 13.3. The molecule has 2 N–H and O–H groups in total. The molecule has 3 heteroatoms. The van der Waals surface area contributed by atoms with Gasteiger partial charge in [0.25, 0.3) is 0 Å². The summed E-state index contributed by atoms with van der Waals surface area (Å²) in [5.41, 5.74) is 8.82. The molecule has 0 aliphatic rings. The highest BCUT2D eigenvalue weighted by Crippen LogP contribution is 2.27. The summed E-state index contributed by atoms with van der Waals surface area (Å²) >= 11 is 0. The quantitative estimate of drug-likeness (QED) is 0.907. The molecule has 0 saturated carbocycles. The van der Waals surface area contributed by atoms with Gasteiger partial charge in [-0.25, -0.2) is 0 Å². The molecule has 0 fully saturated rings. The molecule has 0 aliphatic carbocycles. The fourth-order valence-corrected chi connectivity index (χ4v) is 2.19. The van der Waals surface area contributed by atoms with Crippen molar-refractivity contribution in [2.24, 2.45) is 5.73 Å². The van der Waals surface area contributed by atoms with E-state index in [4.69, 9.17) is 11.0 Å². The lowest BCUT2D eigenvalue weighted by atomic mass is 9.77. The predicted octanol–water partition coefficient (Wildman–Crippen LogP) is 2.41. The fraction of sp³-hybridized carbons (Fsp3) is 0.250. The third-order valence-electron chi connectivity index (χ3n) is 3.48. The second kappa shape index (κ2) is 5.64. The van der Waals surface area contributed by atoms with Crippen molar-refractivity contribution >= 4 is 0 Å². The third-order valence-corrected chi connectivity index (χ3v) is 3.48. The summed E-state index contributed by atoms with van der Waals surface area (Å²) < 4.78 is 0. The number of nitrogens with zero attached hydrogens (tertiary/aromatic N) is 2. The molecule has 1 unspecified atom stereocenters. The Hall–Kier alpha value is -2.18. The summed E-state index contributed by atoms with van der Waals surface area (Å²) in [7, 11) is 0. The van der Waals surface area contributed by atoms with E-state index >= 15 is 0 Å². The molecule has 0 saturated heterocycles. The zero-order valence-electron chi connectivity index (χ0n) is 11.0. The van der Waals surface area contributed by atoms with Gasteiger partial charge in [-0.3, -0.25) is 4.98 Å². The van der Waals surface area contributed by atoms with Crippen LogP contribution >= 0.6 is 0 Å². The molecular weight excluding hydrogens is 234 g/mol. The molecule has 0 radical (unpaired) electrons. The molecule has 1 heterocycles. The van der Waals surface area contributed by atoms with Gasteiger partial charge in [0.15, 0.2) is 0 Å². The van der Waals surface area contributed by atoms with Crippen molar-refractivity contribution in [2.45, 2.75) is 18.8 Å². The molecule has 0 aliphatic heterocycles. The van der Waals surface area contributed by atoms with Crippen LogP contribution in [-0.2, 0) is 11.8 Å². The molecule has 19 heavy (non-hydrogen) atoms. The minimum absolute atomic E-state index is 0.142. The molecule has 0 bridgehead atoms. The number of nitrogens with two attached hydrogens (primary N) is 1. The van der Waals surface area contributed by atoms with Gasteiger partial charge in [0.2, 0.25) is 0 Å². The number of aromatic nitrogens is 1. The van der Waals surface area contributed by atoms with E-state index in [1.165, 1.54) is 5.56 Å². The van der Waals surface area contributed by atoms with Crippen molar-refractivity contribution in [3.05, 3.63) is 65.5 Å². The van der Waals surface area contributed by atoms with E-state index in [-0.39, 0.29) is 5.41 Å². The van der Waals surface area contributed by atoms with Crippen molar-refractivity contribution in [2.75, 3.05) is 6.54 Å². The molecule has 2 aromatic rings. The van der Waals surface area contributed by atoms with E-state index in [2.05, 4.69) is 24.0 Å². The Balaban J connectivity index is 2.28. The molecular formula is C16H17N3. The average Bonchev–Trinajstić information content (AvgIpc) is 2.48. The Labute approximate surface area is 113 Å². The number of nitriles is 1. The second-order valence-electron chi connectivity index (χ2n) is 4.99. The topological polar surface area (TPSA) is 62.7 Å². The van der Waals surface area contributed by atoms with Crippen molar-refractivity contribution in [1.82, 2.24) is 4.98 Å². The van der Waals surface area contributed by atoms with E-state index in [0.717, 1.165) is 12.0 Å².